The highest BCUT2D eigenvalue weighted by Crippen LogP contribution is 2.28. The molecule has 3 aromatic rings. The third-order valence-electron chi connectivity index (χ3n) is 4.81. The van der Waals surface area contributed by atoms with Gasteiger partial charge in [0.15, 0.2) is 11.6 Å². The summed E-state index contributed by atoms with van der Waals surface area (Å²) >= 11 is 1.61. The van der Waals surface area contributed by atoms with Crippen LogP contribution in [0, 0.1) is 25.6 Å². The molecule has 0 saturated carbocycles. The van der Waals surface area contributed by atoms with Crippen LogP contribution >= 0.6 is 11.3 Å². The second-order valence-corrected chi connectivity index (χ2v) is 8.04. The van der Waals surface area contributed by atoms with E-state index in [9.17, 15) is 4.39 Å². The predicted molar refractivity (Wildman–Crippen MR) is 105 cm³/mol. The molecule has 0 aromatic carbocycles. The molecule has 0 aliphatic carbocycles. The molecule has 146 valence electrons. The second-order valence-electron chi connectivity index (χ2n) is 6.84. The van der Waals surface area contributed by atoms with Gasteiger partial charge in [-0.3, -0.25) is 0 Å². The van der Waals surface area contributed by atoms with Crippen LogP contribution in [-0.4, -0.2) is 44.8 Å². The molecule has 1 aliphatic heterocycles. The lowest BCUT2D eigenvalue weighted by Crippen LogP contribution is -2.36. The summed E-state index contributed by atoms with van der Waals surface area (Å²) in [6.45, 7) is 6.03. The zero-order valence-electron chi connectivity index (χ0n) is 15.8. The lowest BCUT2D eigenvalue weighted by molar-refractivity contribution is 0.214. The number of hydrogen-bond donors (Lipinski definition) is 0. The number of anilines is 1. The number of piperidine rings is 1. The molecule has 3 aromatic heterocycles. The summed E-state index contributed by atoms with van der Waals surface area (Å²) in [5, 5.41) is 9.49. The lowest BCUT2D eigenvalue weighted by Gasteiger charge is -2.32. The molecular formula is C19H21FN6OS. The van der Waals surface area contributed by atoms with Crippen molar-refractivity contribution in [3.05, 3.63) is 41.2 Å². The van der Waals surface area contributed by atoms with Crippen molar-refractivity contribution >= 4 is 17.2 Å². The molecule has 4 heterocycles. The van der Waals surface area contributed by atoms with Crippen LogP contribution in [-0.2, 0) is 0 Å². The van der Waals surface area contributed by atoms with Crippen molar-refractivity contribution in [2.45, 2.75) is 26.7 Å². The zero-order valence-corrected chi connectivity index (χ0v) is 16.6. The summed E-state index contributed by atoms with van der Waals surface area (Å²) < 4.78 is 19.6. The fourth-order valence-corrected chi connectivity index (χ4v) is 4.23. The topological polar surface area (TPSA) is 76.9 Å². The molecule has 7 nitrogen and oxygen atoms in total. The summed E-state index contributed by atoms with van der Waals surface area (Å²) in [7, 11) is 0. The number of hydrogen-bond acceptors (Lipinski definition) is 8. The number of aromatic nitrogens is 5. The fraction of sp³-hybridized carbons (Fsp3) is 0.421. The highest BCUT2D eigenvalue weighted by molar-refractivity contribution is 7.15. The first-order valence-corrected chi connectivity index (χ1v) is 10.0. The maximum absolute atomic E-state index is 13.8. The minimum atomic E-state index is -0.376. The smallest absolute Gasteiger partial charge is 0.233 e. The van der Waals surface area contributed by atoms with Gasteiger partial charge in [0.2, 0.25) is 5.88 Å². The molecule has 0 bridgehead atoms. The molecule has 0 atom stereocenters. The van der Waals surface area contributed by atoms with Crippen LogP contribution in [0.5, 0.6) is 5.88 Å². The van der Waals surface area contributed by atoms with Crippen LogP contribution < -0.4 is 9.64 Å². The summed E-state index contributed by atoms with van der Waals surface area (Å²) in [4.78, 5) is 15.2. The number of nitrogens with zero attached hydrogens (tertiary/aromatic N) is 6. The molecule has 0 N–H and O–H groups in total. The highest BCUT2D eigenvalue weighted by Gasteiger charge is 2.23. The molecule has 4 rings (SSSR count). The van der Waals surface area contributed by atoms with Crippen LogP contribution in [0.3, 0.4) is 0 Å². The summed E-state index contributed by atoms with van der Waals surface area (Å²) in [6, 6.07) is 3.77. The minimum absolute atomic E-state index is 0.376. The van der Waals surface area contributed by atoms with Gasteiger partial charge in [-0.15, -0.1) is 21.5 Å². The largest absolute Gasteiger partial charge is 0.476 e. The van der Waals surface area contributed by atoms with Crippen LogP contribution in [0.15, 0.2) is 24.7 Å². The van der Waals surface area contributed by atoms with Crippen LogP contribution in [0.25, 0.3) is 10.6 Å². The van der Waals surface area contributed by atoms with E-state index in [4.69, 9.17) is 4.74 Å². The summed E-state index contributed by atoms with van der Waals surface area (Å²) in [5.74, 6) is 0.921. The van der Waals surface area contributed by atoms with E-state index in [1.165, 1.54) is 12.5 Å². The Hall–Kier alpha value is -2.68. The first-order valence-electron chi connectivity index (χ1n) is 9.21. The third kappa shape index (κ3) is 4.09. The maximum Gasteiger partial charge on any atom is 0.233 e. The van der Waals surface area contributed by atoms with Crippen molar-refractivity contribution < 1.29 is 9.13 Å². The molecule has 1 saturated heterocycles. The van der Waals surface area contributed by atoms with E-state index in [1.54, 1.807) is 11.3 Å². The van der Waals surface area contributed by atoms with Gasteiger partial charge in [0.05, 0.1) is 28.4 Å². The van der Waals surface area contributed by atoms with Gasteiger partial charge in [-0.25, -0.2) is 19.3 Å². The van der Waals surface area contributed by atoms with Gasteiger partial charge in [-0.2, -0.15) is 0 Å². The van der Waals surface area contributed by atoms with E-state index >= 15 is 0 Å². The lowest BCUT2D eigenvalue weighted by atomic mass is 9.98. The Morgan fingerprint density at radius 2 is 2.04 bits per heavy atom. The Balaban J connectivity index is 1.30. The van der Waals surface area contributed by atoms with Crippen molar-refractivity contribution in [3.63, 3.8) is 0 Å². The number of thiazole rings is 1. The molecule has 0 spiro atoms. The van der Waals surface area contributed by atoms with Crippen molar-refractivity contribution in [2.24, 2.45) is 5.92 Å². The van der Waals surface area contributed by atoms with Gasteiger partial charge in [0, 0.05) is 19.2 Å². The van der Waals surface area contributed by atoms with Gasteiger partial charge in [-0.05, 0) is 38.7 Å². The van der Waals surface area contributed by atoms with Gasteiger partial charge < -0.3 is 9.64 Å². The summed E-state index contributed by atoms with van der Waals surface area (Å²) in [5.41, 5.74) is 1.79. The normalized spacial score (nSPS) is 15.0. The van der Waals surface area contributed by atoms with Gasteiger partial charge in [-0.1, -0.05) is 0 Å². The maximum atomic E-state index is 13.8. The SMILES string of the molecule is Cc1nc(C)c(-c2ccc(OCC3CCN(c4ncncc4F)CC3)nn2)s1. The first-order chi connectivity index (χ1) is 13.6. The van der Waals surface area contributed by atoms with Crippen molar-refractivity contribution in [1.82, 2.24) is 25.1 Å². The Morgan fingerprint density at radius 1 is 1.21 bits per heavy atom. The Bertz CT molecular complexity index is 940. The highest BCUT2D eigenvalue weighted by atomic mass is 32.1. The first kappa shape index (κ1) is 18.7. The Morgan fingerprint density at radius 3 is 2.68 bits per heavy atom. The van der Waals surface area contributed by atoms with Crippen molar-refractivity contribution in [1.29, 1.82) is 0 Å². The standard InChI is InChI=1S/C19H21FN6OS/c1-12-18(28-13(2)23-12)16-3-4-17(25-24-16)27-10-14-5-7-26(8-6-14)19-15(20)9-21-11-22-19/h3-4,9,11,14H,5-8,10H2,1-2H3. The Labute approximate surface area is 166 Å². The number of halogens is 1. The quantitative estimate of drug-likeness (QED) is 0.649. The van der Waals surface area contributed by atoms with E-state index in [0.717, 1.165) is 47.2 Å². The zero-order chi connectivity index (χ0) is 19.5. The number of rotatable bonds is 5. The van der Waals surface area contributed by atoms with E-state index in [2.05, 4.69) is 25.1 Å². The van der Waals surface area contributed by atoms with Gasteiger partial charge >= 0.3 is 0 Å². The second kappa shape index (κ2) is 8.14. The summed E-state index contributed by atoms with van der Waals surface area (Å²) in [6.07, 6.45) is 4.41. The molecule has 0 radical (unpaired) electrons. The average molecular weight is 400 g/mol. The van der Waals surface area contributed by atoms with E-state index in [1.807, 2.05) is 30.9 Å². The third-order valence-corrected chi connectivity index (χ3v) is 5.90. The number of aryl methyl sites for hydroxylation is 2. The van der Waals surface area contributed by atoms with E-state index < -0.39 is 0 Å². The van der Waals surface area contributed by atoms with Crippen LogP contribution in [0.1, 0.15) is 23.5 Å². The van der Waals surface area contributed by atoms with Crippen molar-refractivity contribution in [2.75, 3.05) is 24.6 Å². The van der Waals surface area contributed by atoms with Gasteiger partial charge in [0.1, 0.15) is 12.0 Å². The molecule has 1 fully saturated rings. The molecule has 0 amide bonds. The Kier molecular flexibility index (Phi) is 5.43. The van der Waals surface area contributed by atoms with Gasteiger partial charge in [0.25, 0.3) is 0 Å². The van der Waals surface area contributed by atoms with Crippen LogP contribution in [0.4, 0.5) is 10.2 Å². The fourth-order valence-electron chi connectivity index (χ4n) is 3.34. The average Bonchev–Trinajstić information content (AvgIpc) is 3.06. The van der Waals surface area contributed by atoms with E-state index in [0.29, 0.717) is 24.2 Å². The molecule has 28 heavy (non-hydrogen) atoms. The van der Waals surface area contributed by atoms with Crippen molar-refractivity contribution in [3.8, 4) is 16.5 Å². The predicted octanol–water partition coefficient (Wildman–Crippen LogP) is 3.44. The minimum Gasteiger partial charge on any atom is -0.476 e. The van der Waals surface area contributed by atoms with E-state index in [-0.39, 0.29) is 5.82 Å². The monoisotopic (exact) mass is 400 g/mol. The number of ether oxygens (including phenoxy) is 1. The molecular weight excluding hydrogens is 379 g/mol. The molecule has 0 unspecified atom stereocenters. The van der Waals surface area contributed by atoms with Crippen LogP contribution in [0.2, 0.25) is 0 Å². The molecule has 1 aliphatic rings. The molecule has 9 heteroatoms.